The van der Waals surface area contributed by atoms with Crippen LogP contribution in [-0.2, 0) is 0 Å². The van der Waals surface area contributed by atoms with E-state index in [1.54, 1.807) is 12.3 Å². The van der Waals surface area contributed by atoms with Gasteiger partial charge in [0.25, 0.3) is 0 Å². The number of fused-ring (bicyclic) bond motifs is 1. The van der Waals surface area contributed by atoms with Crippen LogP contribution in [0.25, 0.3) is 22.3 Å². The first-order chi connectivity index (χ1) is 9.13. The Morgan fingerprint density at radius 1 is 1.00 bits per heavy atom. The summed E-state index contributed by atoms with van der Waals surface area (Å²) in [7, 11) is 0. The van der Waals surface area contributed by atoms with E-state index in [1.165, 1.54) is 12.1 Å². The fourth-order valence-electron chi connectivity index (χ4n) is 2.17. The molecule has 0 saturated heterocycles. The van der Waals surface area contributed by atoms with Gasteiger partial charge in [-0.15, -0.1) is 0 Å². The van der Waals surface area contributed by atoms with Crippen molar-refractivity contribution in [2.75, 3.05) is 0 Å². The van der Waals surface area contributed by atoms with Crippen molar-refractivity contribution in [2.45, 2.75) is 13.8 Å². The van der Waals surface area contributed by atoms with Crippen LogP contribution in [0.3, 0.4) is 0 Å². The highest BCUT2D eigenvalue weighted by Gasteiger charge is 2.08. The molecular weight excluding hydrogens is 239 g/mol. The molecule has 3 rings (SSSR count). The van der Waals surface area contributed by atoms with Crippen molar-refractivity contribution < 1.29 is 4.39 Å². The average molecular weight is 252 g/mol. The lowest BCUT2D eigenvalue weighted by atomic mass is 10.1. The molecular formula is C16H13FN2. The molecule has 0 aliphatic rings. The van der Waals surface area contributed by atoms with Crippen LogP contribution in [0.4, 0.5) is 4.39 Å². The predicted octanol–water partition coefficient (Wildman–Crippen LogP) is 4.05. The van der Waals surface area contributed by atoms with Crippen molar-refractivity contribution in [2.24, 2.45) is 0 Å². The lowest BCUT2D eigenvalue weighted by molar-refractivity contribution is 0.629. The van der Waals surface area contributed by atoms with Crippen LogP contribution in [0.2, 0.25) is 0 Å². The molecule has 0 aliphatic heterocycles. The second-order valence-electron chi connectivity index (χ2n) is 4.71. The van der Waals surface area contributed by atoms with Gasteiger partial charge < -0.3 is 0 Å². The molecule has 3 heteroatoms. The molecule has 94 valence electrons. The molecule has 2 heterocycles. The summed E-state index contributed by atoms with van der Waals surface area (Å²) in [6.07, 6.45) is 1.77. The number of aromatic nitrogens is 2. The standard InChI is InChI=1S/C16H13FN2/c1-10-5-6-18-15(7-10)16-11(2)8-12-3-4-13(17)9-14(12)19-16/h3-9H,1-2H3. The van der Waals surface area contributed by atoms with E-state index in [9.17, 15) is 4.39 Å². The van der Waals surface area contributed by atoms with Crippen LogP contribution < -0.4 is 0 Å². The predicted molar refractivity (Wildman–Crippen MR) is 74.4 cm³/mol. The van der Waals surface area contributed by atoms with Crippen LogP contribution in [0.15, 0.2) is 42.6 Å². The molecule has 0 fully saturated rings. The minimum absolute atomic E-state index is 0.271. The zero-order valence-electron chi connectivity index (χ0n) is 10.8. The highest BCUT2D eigenvalue weighted by molar-refractivity contribution is 5.82. The maximum atomic E-state index is 13.3. The molecule has 0 bridgehead atoms. The van der Waals surface area contributed by atoms with E-state index in [0.29, 0.717) is 5.52 Å². The summed E-state index contributed by atoms with van der Waals surface area (Å²) >= 11 is 0. The third kappa shape index (κ3) is 2.19. The molecule has 0 atom stereocenters. The number of nitrogens with zero attached hydrogens (tertiary/aromatic N) is 2. The molecule has 0 spiro atoms. The number of rotatable bonds is 1. The minimum Gasteiger partial charge on any atom is -0.255 e. The number of aryl methyl sites for hydroxylation is 2. The summed E-state index contributed by atoms with van der Waals surface area (Å²) in [5, 5.41) is 0.940. The summed E-state index contributed by atoms with van der Waals surface area (Å²) in [4.78, 5) is 8.89. The first-order valence-corrected chi connectivity index (χ1v) is 6.13. The number of halogens is 1. The van der Waals surface area contributed by atoms with Crippen molar-refractivity contribution in [3.05, 3.63) is 59.5 Å². The Kier molecular flexibility index (Phi) is 2.75. The van der Waals surface area contributed by atoms with Crippen molar-refractivity contribution in [3.63, 3.8) is 0 Å². The van der Waals surface area contributed by atoms with Gasteiger partial charge in [0, 0.05) is 17.6 Å². The number of hydrogen-bond acceptors (Lipinski definition) is 2. The van der Waals surface area contributed by atoms with Gasteiger partial charge in [0.1, 0.15) is 5.82 Å². The third-order valence-electron chi connectivity index (χ3n) is 3.13. The van der Waals surface area contributed by atoms with Gasteiger partial charge in [-0.2, -0.15) is 0 Å². The number of benzene rings is 1. The smallest absolute Gasteiger partial charge is 0.125 e. The molecule has 2 nitrogen and oxygen atoms in total. The highest BCUT2D eigenvalue weighted by Crippen LogP contribution is 2.24. The highest BCUT2D eigenvalue weighted by atomic mass is 19.1. The van der Waals surface area contributed by atoms with Crippen molar-refractivity contribution >= 4 is 10.9 Å². The van der Waals surface area contributed by atoms with E-state index in [-0.39, 0.29) is 5.82 Å². The largest absolute Gasteiger partial charge is 0.255 e. The quantitative estimate of drug-likeness (QED) is 0.653. The molecule has 0 N–H and O–H groups in total. The summed E-state index contributed by atoms with van der Waals surface area (Å²) in [5.74, 6) is -0.271. The van der Waals surface area contributed by atoms with E-state index in [2.05, 4.69) is 9.97 Å². The molecule has 0 unspecified atom stereocenters. The van der Waals surface area contributed by atoms with E-state index < -0.39 is 0 Å². The summed E-state index contributed by atoms with van der Waals surface area (Å²) in [5.41, 5.74) is 4.46. The zero-order valence-corrected chi connectivity index (χ0v) is 10.8. The van der Waals surface area contributed by atoms with E-state index in [1.807, 2.05) is 32.0 Å². The number of hydrogen-bond donors (Lipinski definition) is 0. The zero-order chi connectivity index (χ0) is 13.4. The topological polar surface area (TPSA) is 25.8 Å². The van der Waals surface area contributed by atoms with E-state index >= 15 is 0 Å². The first-order valence-electron chi connectivity index (χ1n) is 6.13. The molecule has 1 aromatic carbocycles. The Morgan fingerprint density at radius 3 is 2.63 bits per heavy atom. The summed E-state index contributed by atoms with van der Waals surface area (Å²) in [6.45, 7) is 4.01. The average Bonchev–Trinajstić information content (AvgIpc) is 2.38. The SMILES string of the molecule is Cc1ccnc(-c2nc3cc(F)ccc3cc2C)c1. The summed E-state index contributed by atoms with van der Waals surface area (Å²) < 4.78 is 13.3. The molecule has 3 aromatic rings. The first kappa shape index (κ1) is 11.8. The van der Waals surface area contributed by atoms with E-state index in [0.717, 1.165) is 27.9 Å². The monoisotopic (exact) mass is 252 g/mol. The van der Waals surface area contributed by atoms with Crippen molar-refractivity contribution in [1.29, 1.82) is 0 Å². The Morgan fingerprint density at radius 2 is 1.84 bits per heavy atom. The van der Waals surface area contributed by atoms with Crippen LogP contribution in [-0.4, -0.2) is 9.97 Å². The van der Waals surface area contributed by atoms with Crippen LogP contribution >= 0.6 is 0 Å². The maximum absolute atomic E-state index is 13.3. The normalized spacial score (nSPS) is 10.9. The van der Waals surface area contributed by atoms with Gasteiger partial charge in [-0.25, -0.2) is 9.37 Å². The van der Waals surface area contributed by atoms with Gasteiger partial charge in [0.15, 0.2) is 0 Å². The lowest BCUT2D eigenvalue weighted by Gasteiger charge is -2.07. The fourth-order valence-corrected chi connectivity index (χ4v) is 2.17. The van der Waals surface area contributed by atoms with Gasteiger partial charge >= 0.3 is 0 Å². The van der Waals surface area contributed by atoms with Crippen LogP contribution in [0, 0.1) is 19.7 Å². The Hall–Kier alpha value is -2.29. The third-order valence-corrected chi connectivity index (χ3v) is 3.13. The van der Waals surface area contributed by atoms with Crippen molar-refractivity contribution in [3.8, 4) is 11.4 Å². The molecule has 0 amide bonds. The second-order valence-corrected chi connectivity index (χ2v) is 4.71. The van der Waals surface area contributed by atoms with Gasteiger partial charge in [-0.3, -0.25) is 4.98 Å². The molecule has 0 saturated carbocycles. The Bertz CT molecular complexity index is 766. The van der Waals surface area contributed by atoms with Gasteiger partial charge in [-0.1, -0.05) is 0 Å². The van der Waals surface area contributed by atoms with Gasteiger partial charge in [0.2, 0.25) is 0 Å². The molecule has 0 radical (unpaired) electrons. The molecule has 2 aromatic heterocycles. The minimum atomic E-state index is -0.271. The van der Waals surface area contributed by atoms with Crippen LogP contribution in [0.1, 0.15) is 11.1 Å². The molecule has 0 aliphatic carbocycles. The number of pyridine rings is 2. The Balaban J connectivity index is 2.26. The van der Waals surface area contributed by atoms with Gasteiger partial charge in [0.05, 0.1) is 16.9 Å². The van der Waals surface area contributed by atoms with Gasteiger partial charge in [-0.05, 0) is 55.3 Å². The second kappa shape index (κ2) is 4.43. The maximum Gasteiger partial charge on any atom is 0.125 e. The van der Waals surface area contributed by atoms with E-state index in [4.69, 9.17) is 0 Å². The summed E-state index contributed by atoms with van der Waals surface area (Å²) in [6, 6.07) is 10.6. The molecule has 19 heavy (non-hydrogen) atoms. The van der Waals surface area contributed by atoms with Crippen LogP contribution in [0.5, 0.6) is 0 Å². The van der Waals surface area contributed by atoms with Crippen molar-refractivity contribution in [1.82, 2.24) is 9.97 Å². The Labute approximate surface area is 111 Å². The lowest BCUT2D eigenvalue weighted by Crippen LogP contribution is -1.93. The fraction of sp³-hybridized carbons (Fsp3) is 0.125.